The number of alkyl halides is 1. The molecule has 0 radical (unpaired) electrons. The molecule has 0 aliphatic rings. The lowest BCUT2D eigenvalue weighted by molar-refractivity contribution is 0.108. The third-order valence-electron chi connectivity index (χ3n) is 2.33. The van der Waals surface area contributed by atoms with Crippen LogP contribution < -0.4 is 0 Å². The number of carbonyl (C=O) groups excluding carboxylic acids is 1. The van der Waals surface area contributed by atoms with Crippen molar-refractivity contribution in [3.8, 4) is 0 Å². The smallest absolute Gasteiger partial charge is 0.252 e. The second kappa shape index (κ2) is 7.95. The summed E-state index contributed by atoms with van der Waals surface area (Å²) in [6.45, 7) is 0.334. The van der Waals surface area contributed by atoms with E-state index in [1.165, 1.54) is 31.4 Å². The maximum absolute atomic E-state index is 11.9. The molecule has 0 saturated heterocycles. The Labute approximate surface area is 127 Å². The van der Waals surface area contributed by atoms with Crippen LogP contribution in [0.2, 0.25) is 0 Å². The van der Waals surface area contributed by atoms with E-state index in [-0.39, 0.29) is 23.7 Å². The van der Waals surface area contributed by atoms with Gasteiger partial charge in [-0.05, 0) is 35.9 Å². The maximum Gasteiger partial charge on any atom is 0.252 e. The summed E-state index contributed by atoms with van der Waals surface area (Å²) in [5, 5.41) is -1.05. The summed E-state index contributed by atoms with van der Waals surface area (Å²) in [4.78, 5) is 10.9. The first-order chi connectivity index (χ1) is 9.36. The minimum Gasteiger partial charge on any atom is -0.383 e. The van der Waals surface area contributed by atoms with Crippen molar-refractivity contribution in [3.63, 3.8) is 0 Å². The first-order valence-corrected chi connectivity index (χ1v) is 8.07. The molecule has 0 aromatic heterocycles. The van der Waals surface area contributed by atoms with Crippen LogP contribution >= 0.6 is 23.2 Å². The van der Waals surface area contributed by atoms with Crippen molar-refractivity contribution in [3.05, 3.63) is 29.8 Å². The molecule has 0 amide bonds. The summed E-state index contributed by atoms with van der Waals surface area (Å²) in [6.07, 6.45) is 0. The average molecular weight is 341 g/mol. The Hall–Kier alpha value is -0.660. The Bertz CT molecular complexity index is 541. The van der Waals surface area contributed by atoms with Gasteiger partial charge in [-0.25, -0.2) is 8.42 Å². The highest BCUT2D eigenvalue weighted by Crippen LogP contribution is 2.14. The summed E-state index contributed by atoms with van der Waals surface area (Å²) < 4.78 is 33.7. The first-order valence-electron chi connectivity index (χ1n) is 5.60. The van der Waals surface area contributed by atoms with Crippen LogP contribution in [-0.4, -0.2) is 45.3 Å². The van der Waals surface area contributed by atoms with Crippen LogP contribution in [-0.2, 0) is 19.3 Å². The summed E-state index contributed by atoms with van der Waals surface area (Å²) >= 11 is 11.1. The van der Waals surface area contributed by atoms with E-state index in [1.54, 1.807) is 0 Å². The summed E-state index contributed by atoms with van der Waals surface area (Å²) in [5.74, 6) is -0.492. The number of rotatable bonds is 8. The molecule has 0 saturated carbocycles. The highest BCUT2D eigenvalue weighted by atomic mass is 35.5. The van der Waals surface area contributed by atoms with E-state index < -0.39 is 26.4 Å². The minimum absolute atomic E-state index is 0.0528. The molecule has 0 N–H and O–H groups in total. The largest absolute Gasteiger partial charge is 0.383 e. The third kappa shape index (κ3) is 5.38. The normalized spacial score (nSPS) is 13.2. The molecule has 20 heavy (non-hydrogen) atoms. The number of hydrogen-bond acceptors (Lipinski definition) is 5. The van der Waals surface area contributed by atoms with E-state index in [1.807, 2.05) is 0 Å². The Balaban J connectivity index is 2.62. The molecule has 1 rings (SSSR count). The lowest BCUT2D eigenvalue weighted by atomic mass is 10.2. The highest BCUT2D eigenvalue weighted by molar-refractivity contribution is 7.91. The van der Waals surface area contributed by atoms with Gasteiger partial charge in [0.15, 0.2) is 5.94 Å². The first kappa shape index (κ1) is 17.4. The number of methoxy groups -OCH3 is 1. The van der Waals surface area contributed by atoms with Crippen LogP contribution in [0.1, 0.15) is 10.4 Å². The van der Waals surface area contributed by atoms with E-state index in [0.29, 0.717) is 0 Å². The van der Waals surface area contributed by atoms with Crippen LogP contribution in [0, 0.1) is 0 Å². The predicted octanol–water partition coefficient (Wildman–Crippen LogP) is 2.07. The summed E-state index contributed by atoms with van der Waals surface area (Å²) in [6, 6.07) is 5.30. The van der Waals surface area contributed by atoms with Gasteiger partial charge in [0.2, 0.25) is 9.84 Å². The Morgan fingerprint density at radius 2 is 1.85 bits per heavy atom. The van der Waals surface area contributed by atoms with Gasteiger partial charge in [0.1, 0.15) is 0 Å². The van der Waals surface area contributed by atoms with Gasteiger partial charge in [0, 0.05) is 12.7 Å². The van der Waals surface area contributed by atoms with Crippen LogP contribution in [0.15, 0.2) is 29.2 Å². The molecule has 0 spiro atoms. The Morgan fingerprint density at radius 1 is 1.25 bits per heavy atom. The van der Waals surface area contributed by atoms with Crippen LogP contribution in [0.25, 0.3) is 0 Å². The number of hydrogen-bond donors (Lipinski definition) is 0. The Kier molecular flexibility index (Phi) is 6.91. The zero-order chi connectivity index (χ0) is 15.2. The second-order valence-corrected chi connectivity index (χ2v) is 6.85. The summed E-state index contributed by atoms with van der Waals surface area (Å²) in [7, 11) is -2.10. The van der Waals surface area contributed by atoms with Gasteiger partial charge >= 0.3 is 0 Å². The lowest BCUT2D eigenvalue weighted by Gasteiger charge is -2.10. The fourth-order valence-electron chi connectivity index (χ4n) is 1.38. The Morgan fingerprint density at radius 3 is 2.35 bits per heavy atom. The molecule has 0 fully saturated rings. The van der Waals surface area contributed by atoms with Crippen molar-refractivity contribution in [1.29, 1.82) is 0 Å². The molecular formula is C12H14Cl2O5S. The molecule has 112 valence electrons. The molecule has 8 heteroatoms. The molecule has 1 aromatic carbocycles. The summed E-state index contributed by atoms with van der Waals surface area (Å²) in [5.41, 5.74) is 0.229. The van der Waals surface area contributed by atoms with Crippen molar-refractivity contribution >= 4 is 38.3 Å². The fourth-order valence-corrected chi connectivity index (χ4v) is 2.72. The van der Waals surface area contributed by atoms with Crippen molar-refractivity contribution in [1.82, 2.24) is 0 Å². The highest BCUT2D eigenvalue weighted by Gasteiger charge is 2.16. The van der Waals surface area contributed by atoms with Crippen molar-refractivity contribution in [2.24, 2.45) is 0 Å². The van der Waals surface area contributed by atoms with Gasteiger partial charge in [0.25, 0.3) is 5.24 Å². The van der Waals surface area contributed by atoms with Gasteiger partial charge in [-0.1, -0.05) is 0 Å². The predicted molar refractivity (Wildman–Crippen MR) is 76.1 cm³/mol. The minimum atomic E-state index is -3.59. The fraction of sp³-hybridized carbons (Fsp3) is 0.417. The van der Waals surface area contributed by atoms with E-state index in [9.17, 15) is 13.2 Å². The van der Waals surface area contributed by atoms with E-state index >= 15 is 0 Å². The van der Waals surface area contributed by atoms with Crippen LogP contribution in [0.5, 0.6) is 0 Å². The molecule has 0 aliphatic heterocycles. The maximum atomic E-state index is 11.9. The number of benzene rings is 1. The number of ether oxygens (including phenoxy) is 2. The number of sulfone groups is 1. The zero-order valence-corrected chi connectivity index (χ0v) is 13.0. The average Bonchev–Trinajstić information content (AvgIpc) is 2.39. The van der Waals surface area contributed by atoms with Crippen LogP contribution in [0.3, 0.4) is 0 Å². The molecular weight excluding hydrogens is 327 g/mol. The SMILES string of the molecule is COCC(Cl)COCS(=O)(=O)c1ccc(C(=O)Cl)cc1. The molecule has 0 heterocycles. The van der Waals surface area contributed by atoms with Gasteiger partial charge < -0.3 is 9.47 Å². The second-order valence-electron chi connectivity index (χ2n) is 3.95. The topological polar surface area (TPSA) is 69.7 Å². The van der Waals surface area contributed by atoms with Gasteiger partial charge in [-0.3, -0.25) is 4.79 Å². The third-order valence-corrected chi connectivity index (χ3v) is 4.26. The molecule has 1 aromatic rings. The quantitative estimate of drug-likeness (QED) is 0.535. The van der Waals surface area contributed by atoms with E-state index in [0.717, 1.165) is 0 Å². The molecule has 1 unspecified atom stereocenters. The van der Waals surface area contributed by atoms with Crippen molar-refractivity contribution in [2.45, 2.75) is 10.3 Å². The van der Waals surface area contributed by atoms with Gasteiger partial charge in [-0.2, -0.15) is 0 Å². The van der Waals surface area contributed by atoms with Gasteiger partial charge in [0.05, 0.1) is 23.5 Å². The van der Waals surface area contributed by atoms with Crippen molar-refractivity contribution < 1.29 is 22.7 Å². The standard InChI is InChI=1S/C12H14Cl2O5S/c1-18-6-10(13)7-19-8-20(16,17)11-4-2-9(3-5-11)12(14)15/h2-5,10H,6-8H2,1H3. The number of carbonyl (C=O) groups is 1. The van der Waals surface area contributed by atoms with Crippen molar-refractivity contribution in [2.75, 3.05) is 26.3 Å². The molecule has 0 aliphatic carbocycles. The van der Waals surface area contributed by atoms with Crippen LogP contribution in [0.4, 0.5) is 0 Å². The zero-order valence-electron chi connectivity index (χ0n) is 10.7. The van der Waals surface area contributed by atoms with E-state index in [2.05, 4.69) is 0 Å². The lowest BCUT2D eigenvalue weighted by Crippen LogP contribution is -2.19. The number of halogens is 2. The van der Waals surface area contributed by atoms with Gasteiger partial charge in [-0.15, -0.1) is 11.6 Å². The monoisotopic (exact) mass is 340 g/mol. The molecule has 5 nitrogen and oxygen atoms in total. The molecule has 1 atom stereocenters. The molecule has 0 bridgehead atoms. The van der Waals surface area contributed by atoms with E-state index in [4.69, 9.17) is 32.7 Å².